The molecule has 0 aliphatic heterocycles. The fraction of sp³-hybridized carbons (Fsp3) is 0.956. The number of aliphatic hydroxyl groups excluding tert-OH is 2. The molecule has 0 rings (SSSR count). The first-order valence-electron chi connectivity index (χ1n) is 22.8. The lowest BCUT2D eigenvalue weighted by Crippen LogP contribution is -2.45. The van der Waals surface area contributed by atoms with Crippen LogP contribution < -0.4 is 5.32 Å². The summed E-state index contributed by atoms with van der Waals surface area (Å²) in [6.45, 7) is 4.89. The van der Waals surface area contributed by atoms with E-state index in [2.05, 4.69) is 19.2 Å². The van der Waals surface area contributed by atoms with Gasteiger partial charge in [0.15, 0.2) is 0 Å². The van der Waals surface area contributed by atoms with Gasteiger partial charge in [0.25, 0.3) is 0 Å². The fourth-order valence-electron chi connectivity index (χ4n) is 7.11. The Morgan fingerprint density at radius 3 is 1.20 bits per heavy atom. The number of rotatable bonds is 42. The summed E-state index contributed by atoms with van der Waals surface area (Å²) in [5.41, 5.74) is 0. The molecule has 51 heavy (non-hydrogen) atoms. The third kappa shape index (κ3) is 38.4. The monoisotopic (exact) mass is 724 g/mol. The van der Waals surface area contributed by atoms with E-state index in [9.17, 15) is 19.8 Å². The molecule has 2 atom stereocenters. The summed E-state index contributed by atoms with van der Waals surface area (Å²) in [5.74, 6) is -0.0757. The Hall–Kier alpha value is -1.14. The van der Waals surface area contributed by atoms with Gasteiger partial charge in [-0.1, -0.05) is 213 Å². The first-order chi connectivity index (χ1) is 25.0. The maximum Gasteiger partial charge on any atom is 0.305 e. The first-order valence-corrected chi connectivity index (χ1v) is 22.8. The number of hydrogen-bond acceptors (Lipinski definition) is 5. The summed E-state index contributed by atoms with van der Waals surface area (Å²) in [6, 6.07) is -0.554. The quantitative estimate of drug-likeness (QED) is 0.0430. The van der Waals surface area contributed by atoms with Gasteiger partial charge < -0.3 is 20.3 Å². The molecule has 1 amide bonds. The minimum absolute atomic E-state index is 0.0182. The maximum atomic E-state index is 12.4. The molecule has 0 saturated carbocycles. The highest BCUT2D eigenvalue weighted by atomic mass is 16.5. The van der Waals surface area contributed by atoms with E-state index < -0.39 is 12.1 Å². The normalized spacial score (nSPS) is 12.6. The van der Waals surface area contributed by atoms with Crippen LogP contribution in [0.15, 0.2) is 0 Å². The second-order valence-electron chi connectivity index (χ2n) is 15.7. The van der Waals surface area contributed by atoms with Crippen molar-refractivity contribution in [3.63, 3.8) is 0 Å². The van der Waals surface area contributed by atoms with Crippen LogP contribution in [0, 0.1) is 0 Å². The van der Waals surface area contributed by atoms with Gasteiger partial charge in [0.05, 0.1) is 25.4 Å². The molecule has 0 spiro atoms. The lowest BCUT2D eigenvalue weighted by Gasteiger charge is -2.22. The zero-order valence-corrected chi connectivity index (χ0v) is 34.4. The largest absolute Gasteiger partial charge is 0.466 e. The van der Waals surface area contributed by atoms with Gasteiger partial charge >= 0.3 is 5.97 Å². The first kappa shape index (κ1) is 49.9. The highest BCUT2D eigenvalue weighted by molar-refractivity contribution is 5.76. The third-order valence-corrected chi connectivity index (χ3v) is 10.7. The minimum Gasteiger partial charge on any atom is -0.466 e. The summed E-state index contributed by atoms with van der Waals surface area (Å²) in [4.78, 5) is 24.4. The predicted molar refractivity (Wildman–Crippen MR) is 218 cm³/mol. The average Bonchev–Trinajstić information content (AvgIpc) is 3.13. The van der Waals surface area contributed by atoms with Crippen molar-refractivity contribution in [2.45, 2.75) is 264 Å². The number of carbonyl (C=O) groups excluding carboxylic acids is 2. The summed E-state index contributed by atoms with van der Waals surface area (Å²) in [6.07, 6.45) is 43.4. The molecular formula is C45H89NO5. The van der Waals surface area contributed by atoms with Crippen LogP contribution in [0.1, 0.15) is 251 Å². The predicted octanol–water partition coefficient (Wildman–Crippen LogP) is 12.8. The van der Waals surface area contributed by atoms with Crippen LogP contribution in [0.2, 0.25) is 0 Å². The van der Waals surface area contributed by atoms with E-state index in [-0.39, 0.29) is 18.5 Å². The SMILES string of the molecule is CCCCCCCCCCCCCCC(=O)OCCCCCCCCCCCCC(=O)NC(CO)C(O)CCCCCCCCCCCCCC. The average molecular weight is 724 g/mol. The van der Waals surface area contributed by atoms with Crippen molar-refractivity contribution in [3.05, 3.63) is 0 Å². The topological polar surface area (TPSA) is 95.9 Å². The Morgan fingerprint density at radius 2 is 0.804 bits per heavy atom. The zero-order chi connectivity index (χ0) is 37.3. The van der Waals surface area contributed by atoms with E-state index >= 15 is 0 Å². The van der Waals surface area contributed by atoms with Crippen molar-refractivity contribution in [3.8, 4) is 0 Å². The summed E-state index contributed by atoms with van der Waals surface area (Å²) in [7, 11) is 0. The summed E-state index contributed by atoms with van der Waals surface area (Å²) >= 11 is 0. The van der Waals surface area contributed by atoms with E-state index in [1.54, 1.807) is 0 Å². The second kappa shape index (κ2) is 41.6. The molecule has 2 unspecified atom stereocenters. The molecule has 0 bridgehead atoms. The molecule has 0 aromatic carbocycles. The Bertz CT molecular complexity index is 717. The smallest absolute Gasteiger partial charge is 0.305 e. The molecule has 6 nitrogen and oxygen atoms in total. The van der Waals surface area contributed by atoms with Crippen molar-refractivity contribution in [2.24, 2.45) is 0 Å². The number of hydrogen-bond donors (Lipinski definition) is 3. The van der Waals surface area contributed by atoms with E-state index in [1.165, 1.54) is 161 Å². The molecule has 0 aromatic heterocycles. The molecule has 0 saturated heterocycles. The number of unbranched alkanes of at least 4 members (excludes halogenated alkanes) is 31. The summed E-state index contributed by atoms with van der Waals surface area (Å²) in [5, 5.41) is 23.1. The molecule has 0 fully saturated rings. The Morgan fingerprint density at radius 1 is 0.471 bits per heavy atom. The van der Waals surface area contributed by atoms with Gasteiger partial charge in [-0.2, -0.15) is 0 Å². The summed E-state index contributed by atoms with van der Waals surface area (Å²) < 4.78 is 5.43. The highest BCUT2D eigenvalue weighted by Gasteiger charge is 2.20. The number of amides is 1. The molecule has 0 aliphatic carbocycles. The van der Waals surface area contributed by atoms with E-state index in [0.717, 1.165) is 57.8 Å². The highest BCUT2D eigenvalue weighted by Crippen LogP contribution is 2.16. The van der Waals surface area contributed by atoms with Crippen LogP contribution in [-0.2, 0) is 14.3 Å². The third-order valence-electron chi connectivity index (χ3n) is 10.7. The Balaban J connectivity index is 3.48. The van der Waals surface area contributed by atoms with E-state index in [4.69, 9.17) is 4.74 Å². The number of aliphatic hydroxyl groups is 2. The molecule has 304 valence electrons. The molecule has 3 N–H and O–H groups in total. The minimum atomic E-state index is -0.675. The van der Waals surface area contributed by atoms with Gasteiger partial charge in [-0.15, -0.1) is 0 Å². The van der Waals surface area contributed by atoms with Gasteiger partial charge in [-0.05, 0) is 25.7 Å². The maximum absolute atomic E-state index is 12.4. The molecule has 6 heteroatoms. The lowest BCUT2D eigenvalue weighted by atomic mass is 10.0. The Labute approximate surface area is 317 Å². The van der Waals surface area contributed by atoms with E-state index in [0.29, 0.717) is 25.9 Å². The van der Waals surface area contributed by atoms with Crippen LogP contribution in [-0.4, -0.2) is 47.4 Å². The van der Waals surface area contributed by atoms with Gasteiger partial charge in [0.1, 0.15) is 0 Å². The van der Waals surface area contributed by atoms with E-state index in [1.807, 2.05) is 0 Å². The van der Waals surface area contributed by atoms with Crippen LogP contribution in [0.5, 0.6) is 0 Å². The lowest BCUT2D eigenvalue weighted by molar-refractivity contribution is -0.143. The van der Waals surface area contributed by atoms with Crippen molar-refractivity contribution in [2.75, 3.05) is 13.2 Å². The number of ether oxygens (including phenoxy) is 1. The van der Waals surface area contributed by atoms with Crippen molar-refractivity contribution < 1.29 is 24.5 Å². The molecule has 0 heterocycles. The standard InChI is InChI=1S/C45H89NO5/c1-3-5-7-9-11-13-15-17-21-25-29-33-37-43(48)42(41-47)46-44(49)38-34-30-26-22-19-20-24-28-32-36-40-51-45(50)39-35-31-27-23-18-16-14-12-10-8-6-4-2/h42-43,47-48H,3-41H2,1-2H3,(H,46,49). The van der Waals surface area contributed by atoms with Crippen LogP contribution in [0.4, 0.5) is 0 Å². The van der Waals surface area contributed by atoms with Crippen LogP contribution in [0.3, 0.4) is 0 Å². The fourth-order valence-corrected chi connectivity index (χ4v) is 7.11. The molecule has 0 aliphatic rings. The van der Waals surface area contributed by atoms with Crippen LogP contribution >= 0.6 is 0 Å². The van der Waals surface area contributed by atoms with Crippen molar-refractivity contribution in [1.29, 1.82) is 0 Å². The van der Waals surface area contributed by atoms with Crippen LogP contribution in [0.25, 0.3) is 0 Å². The number of carbonyl (C=O) groups is 2. The van der Waals surface area contributed by atoms with Crippen molar-refractivity contribution in [1.82, 2.24) is 5.32 Å². The second-order valence-corrected chi connectivity index (χ2v) is 15.7. The molecular weight excluding hydrogens is 634 g/mol. The molecule has 0 aromatic rings. The molecule has 0 radical (unpaired) electrons. The van der Waals surface area contributed by atoms with Gasteiger partial charge in [0, 0.05) is 12.8 Å². The zero-order valence-electron chi connectivity index (χ0n) is 34.4. The number of nitrogens with one attached hydrogen (secondary N) is 1. The van der Waals surface area contributed by atoms with Gasteiger partial charge in [-0.25, -0.2) is 0 Å². The Kier molecular flexibility index (Phi) is 40.7. The number of esters is 1. The van der Waals surface area contributed by atoms with Crippen molar-refractivity contribution >= 4 is 11.9 Å². The van der Waals surface area contributed by atoms with Gasteiger partial charge in [0.2, 0.25) is 5.91 Å². The van der Waals surface area contributed by atoms with Gasteiger partial charge in [-0.3, -0.25) is 9.59 Å².